The Kier molecular flexibility index (Phi) is 4.10. The van der Waals surface area contributed by atoms with Crippen molar-refractivity contribution in [1.82, 2.24) is 0 Å². The van der Waals surface area contributed by atoms with Crippen LogP contribution in [0.5, 0.6) is 0 Å². The van der Waals surface area contributed by atoms with Gasteiger partial charge in [0.05, 0.1) is 0 Å². The summed E-state index contributed by atoms with van der Waals surface area (Å²) in [4.78, 5) is 0. The van der Waals surface area contributed by atoms with E-state index in [2.05, 4.69) is 25.2 Å². The number of hydrogen-bond acceptors (Lipinski definition) is 0. The summed E-state index contributed by atoms with van der Waals surface area (Å²) in [6.45, 7) is 2.15. The van der Waals surface area contributed by atoms with Gasteiger partial charge in [-0.3, -0.25) is 6.08 Å². The first kappa shape index (κ1) is 8.12. The monoisotopic (exact) mass is 285 g/mol. The van der Waals surface area contributed by atoms with Crippen LogP contribution in [0, 0.1) is 6.08 Å². The molecule has 0 aliphatic heterocycles. The van der Waals surface area contributed by atoms with E-state index in [1.807, 2.05) is 0 Å². The van der Waals surface area contributed by atoms with Crippen molar-refractivity contribution in [3.63, 3.8) is 0 Å². The van der Waals surface area contributed by atoms with E-state index in [-0.39, 0.29) is 19.8 Å². The molecule has 1 rings (SSSR count). The second kappa shape index (κ2) is 4.04. The van der Waals surface area contributed by atoms with Gasteiger partial charge in [0.15, 0.2) is 0 Å². The molecule has 1 aliphatic carbocycles. The Morgan fingerprint density at radius 2 is 2.50 bits per heavy atom. The van der Waals surface area contributed by atoms with Gasteiger partial charge in [0, 0.05) is 0 Å². The van der Waals surface area contributed by atoms with Crippen molar-refractivity contribution in [2.45, 2.75) is 19.8 Å². The third kappa shape index (κ3) is 1.93. The Morgan fingerprint density at radius 3 is 2.75 bits per heavy atom. The molecule has 0 spiro atoms. The second-order valence-electron chi connectivity index (χ2n) is 1.66. The molecule has 0 aromatic rings. The fraction of sp³-hybridized carbons (Fsp3) is 0.429. The zero-order valence-electron chi connectivity index (χ0n) is 4.92. The summed E-state index contributed by atoms with van der Waals surface area (Å²) in [5.41, 5.74) is 1.36. The molecule has 0 saturated carbocycles. The predicted octanol–water partition coefficient (Wildman–Crippen LogP) is 2.08. The maximum absolute atomic E-state index is 3.21. The van der Waals surface area contributed by atoms with Crippen molar-refractivity contribution in [1.29, 1.82) is 0 Å². The maximum Gasteiger partial charge on any atom is 1.00 e. The molecule has 1 radical (unpaired) electrons. The van der Waals surface area contributed by atoms with E-state index in [4.69, 9.17) is 0 Å². The first-order chi connectivity index (χ1) is 3.43. The van der Waals surface area contributed by atoms with Crippen molar-refractivity contribution >= 4 is 0 Å². The molecule has 0 unspecified atom stereocenters. The topological polar surface area (TPSA) is 0 Å². The number of rotatable bonds is 1. The van der Waals surface area contributed by atoms with E-state index in [0.717, 1.165) is 12.8 Å². The summed E-state index contributed by atoms with van der Waals surface area (Å²) in [7, 11) is 0. The fourth-order valence-electron chi connectivity index (χ4n) is 0.693. The molecule has 0 atom stereocenters. The van der Waals surface area contributed by atoms with E-state index < -0.39 is 0 Å². The van der Waals surface area contributed by atoms with E-state index in [9.17, 15) is 0 Å². The van der Waals surface area contributed by atoms with Crippen LogP contribution in [-0.4, -0.2) is 0 Å². The molecule has 0 nitrogen and oxygen atoms in total. The molecule has 0 aromatic carbocycles. The standard InChI is InChI=1S/C7H9.Os/c1-2-7-5-3-4-6-7;/h3,5H,2,4H2,1H3;/q-1;+1. The van der Waals surface area contributed by atoms with Crippen molar-refractivity contribution in [3.05, 3.63) is 23.8 Å². The van der Waals surface area contributed by atoms with Gasteiger partial charge in [-0.25, -0.2) is 11.6 Å². The molecule has 0 fully saturated rings. The normalized spacial score (nSPS) is 15.4. The van der Waals surface area contributed by atoms with Gasteiger partial charge < -0.3 is 0 Å². The van der Waals surface area contributed by atoms with Crippen molar-refractivity contribution < 1.29 is 19.8 Å². The summed E-state index contributed by atoms with van der Waals surface area (Å²) < 4.78 is 0. The molecule has 0 saturated heterocycles. The number of allylic oxidation sites excluding steroid dienone is 4. The van der Waals surface area contributed by atoms with E-state index in [1.54, 1.807) is 0 Å². The predicted molar refractivity (Wildman–Crippen MR) is 30.8 cm³/mol. The van der Waals surface area contributed by atoms with Gasteiger partial charge in [0.2, 0.25) is 0 Å². The van der Waals surface area contributed by atoms with Gasteiger partial charge >= 0.3 is 19.8 Å². The third-order valence-corrected chi connectivity index (χ3v) is 1.15. The molecule has 1 heteroatoms. The van der Waals surface area contributed by atoms with Gasteiger partial charge in [0.1, 0.15) is 0 Å². The summed E-state index contributed by atoms with van der Waals surface area (Å²) in [6, 6.07) is 0. The zero-order chi connectivity index (χ0) is 5.11. The number of hydrogen-bond donors (Lipinski definition) is 0. The Bertz CT molecular complexity index is 112. The summed E-state index contributed by atoms with van der Waals surface area (Å²) in [6.07, 6.45) is 9.65. The van der Waals surface area contributed by atoms with E-state index in [0.29, 0.717) is 0 Å². The van der Waals surface area contributed by atoms with Crippen LogP contribution in [-0.2, 0) is 19.8 Å². The molecule has 1 aliphatic rings. The van der Waals surface area contributed by atoms with Crippen LogP contribution in [0.2, 0.25) is 0 Å². The molecule has 8 heavy (non-hydrogen) atoms. The first-order valence-electron chi connectivity index (χ1n) is 2.69. The van der Waals surface area contributed by atoms with Crippen LogP contribution < -0.4 is 0 Å². The van der Waals surface area contributed by atoms with Crippen molar-refractivity contribution in [2.24, 2.45) is 0 Å². The molecule has 45 valence electrons. The third-order valence-electron chi connectivity index (χ3n) is 1.15. The van der Waals surface area contributed by atoms with Crippen LogP contribution in [0.4, 0.5) is 0 Å². The molecule has 0 N–H and O–H groups in total. The molecule has 0 bridgehead atoms. The van der Waals surface area contributed by atoms with Crippen molar-refractivity contribution in [2.75, 3.05) is 0 Å². The van der Waals surface area contributed by atoms with Gasteiger partial charge in [-0.15, -0.1) is 6.42 Å². The second-order valence-corrected chi connectivity index (χ2v) is 1.66. The minimum Gasteiger partial charge on any atom is -0.270 e. The molecular formula is C7H9Os. The molecule has 0 amide bonds. The van der Waals surface area contributed by atoms with Gasteiger partial charge in [-0.2, -0.15) is 6.08 Å². The van der Waals surface area contributed by atoms with Crippen LogP contribution in [0.15, 0.2) is 17.7 Å². The average Bonchev–Trinajstić information content (AvgIpc) is 2.14. The quantitative estimate of drug-likeness (QED) is 0.646. The maximum atomic E-state index is 3.21. The van der Waals surface area contributed by atoms with Gasteiger partial charge in [-0.1, -0.05) is 13.3 Å². The minimum absolute atomic E-state index is 0. The Labute approximate surface area is 63.7 Å². The largest absolute Gasteiger partial charge is 1.00 e. The Morgan fingerprint density at radius 1 is 1.75 bits per heavy atom. The van der Waals surface area contributed by atoms with Crippen LogP contribution in [0.25, 0.3) is 0 Å². The average molecular weight is 283 g/mol. The van der Waals surface area contributed by atoms with Crippen LogP contribution in [0.1, 0.15) is 19.8 Å². The van der Waals surface area contributed by atoms with Gasteiger partial charge in [0.25, 0.3) is 0 Å². The first-order valence-corrected chi connectivity index (χ1v) is 2.69. The zero-order valence-corrected chi connectivity index (χ0v) is 7.46. The van der Waals surface area contributed by atoms with E-state index >= 15 is 0 Å². The van der Waals surface area contributed by atoms with E-state index in [1.165, 1.54) is 5.57 Å². The SMILES string of the molecule is CCC1=[C-]CC=C1.[Os+]. The summed E-state index contributed by atoms with van der Waals surface area (Å²) >= 11 is 0. The minimum atomic E-state index is 0. The summed E-state index contributed by atoms with van der Waals surface area (Å²) in [5.74, 6) is 0. The fourth-order valence-corrected chi connectivity index (χ4v) is 0.693. The molecule has 0 aromatic heterocycles. The van der Waals surface area contributed by atoms with Crippen molar-refractivity contribution in [3.8, 4) is 0 Å². The smallest absolute Gasteiger partial charge is 0.270 e. The molecule has 0 heterocycles. The van der Waals surface area contributed by atoms with Crippen LogP contribution in [0.3, 0.4) is 0 Å². The van der Waals surface area contributed by atoms with Gasteiger partial charge in [-0.05, 0) is 0 Å². The Balaban J connectivity index is 0.000000490. The Hall–Kier alpha value is 0.116. The summed E-state index contributed by atoms with van der Waals surface area (Å²) in [5, 5.41) is 0. The van der Waals surface area contributed by atoms with Crippen LogP contribution >= 0.6 is 0 Å². The molecular weight excluding hydrogens is 274 g/mol.